The Morgan fingerprint density at radius 3 is 2.56 bits per heavy atom. The average Bonchev–Trinajstić information content (AvgIpc) is 3.17. The van der Waals surface area contributed by atoms with Crippen LogP contribution in [0.1, 0.15) is 99.3 Å². The second kappa shape index (κ2) is 11.6. The fourth-order valence-electron chi connectivity index (χ4n) is 7.55. The third-order valence-electron chi connectivity index (χ3n) is 9.48. The Hall–Kier alpha value is -1.40. The van der Waals surface area contributed by atoms with E-state index in [1.54, 1.807) is 0 Å². The van der Waals surface area contributed by atoms with E-state index < -0.39 is 11.7 Å². The molecule has 10 atom stereocenters. The molecular formula is C30H48O6. The first-order valence-electron chi connectivity index (χ1n) is 14.5. The molecule has 1 saturated carbocycles. The highest BCUT2D eigenvalue weighted by Gasteiger charge is 2.65. The first-order chi connectivity index (χ1) is 17.2. The molecule has 0 radical (unpaired) electrons. The zero-order valence-electron chi connectivity index (χ0n) is 23.3. The van der Waals surface area contributed by atoms with Gasteiger partial charge in [-0.05, 0) is 50.9 Å². The van der Waals surface area contributed by atoms with Crippen LogP contribution >= 0.6 is 0 Å². The van der Waals surface area contributed by atoms with Crippen LogP contribution in [0.15, 0.2) is 11.6 Å². The van der Waals surface area contributed by atoms with Crippen molar-refractivity contribution < 1.29 is 28.5 Å². The summed E-state index contributed by atoms with van der Waals surface area (Å²) in [7, 11) is 0. The second-order valence-electron chi connectivity index (χ2n) is 12.3. The van der Waals surface area contributed by atoms with Crippen molar-refractivity contribution >= 4 is 11.9 Å². The fraction of sp³-hybridized carbons (Fsp3) is 0.867. The Morgan fingerprint density at radius 2 is 1.83 bits per heavy atom. The molecule has 0 amide bonds. The van der Waals surface area contributed by atoms with Crippen LogP contribution in [-0.4, -0.2) is 48.6 Å². The minimum Gasteiger partial charge on any atom is -0.462 e. The Bertz CT molecular complexity index is 822. The minimum atomic E-state index is -0.748. The summed E-state index contributed by atoms with van der Waals surface area (Å²) in [5, 5.41) is 0. The number of hydrogen-bond donors (Lipinski definition) is 0. The highest BCUT2D eigenvalue weighted by Crippen LogP contribution is 2.57. The van der Waals surface area contributed by atoms with Gasteiger partial charge in [-0.25, -0.2) is 0 Å². The molecule has 1 aliphatic carbocycles. The second-order valence-corrected chi connectivity index (χ2v) is 12.3. The summed E-state index contributed by atoms with van der Waals surface area (Å²) in [4.78, 5) is 25.1. The van der Waals surface area contributed by atoms with Crippen molar-refractivity contribution in [1.29, 1.82) is 0 Å². The number of ether oxygens (including phenoxy) is 4. The van der Waals surface area contributed by atoms with Gasteiger partial charge in [0, 0.05) is 31.6 Å². The molecule has 0 spiro atoms. The van der Waals surface area contributed by atoms with E-state index in [9.17, 15) is 9.59 Å². The monoisotopic (exact) mass is 504 g/mol. The van der Waals surface area contributed by atoms with Crippen molar-refractivity contribution in [3.8, 4) is 0 Å². The van der Waals surface area contributed by atoms with Gasteiger partial charge in [0.05, 0.1) is 18.8 Å². The van der Waals surface area contributed by atoms with Gasteiger partial charge >= 0.3 is 11.9 Å². The lowest BCUT2D eigenvalue weighted by Gasteiger charge is -2.47. The van der Waals surface area contributed by atoms with E-state index in [1.807, 2.05) is 0 Å². The smallest absolute Gasteiger partial charge is 0.306 e. The van der Waals surface area contributed by atoms with Crippen LogP contribution in [0.4, 0.5) is 0 Å². The number of unbranched alkanes of at least 4 members (excludes halogenated alkanes) is 4. The quantitative estimate of drug-likeness (QED) is 0.229. The zero-order chi connectivity index (χ0) is 26.0. The molecule has 0 N–H and O–H groups in total. The molecule has 0 aromatic carbocycles. The lowest BCUT2D eigenvalue weighted by molar-refractivity contribution is -0.200. The van der Waals surface area contributed by atoms with Crippen LogP contribution in [0.3, 0.4) is 0 Å². The highest BCUT2D eigenvalue weighted by atomic mass is 16.6. The maximum absolute atomic E-state index is 13.0. The third kappa shape index (κ3) is 5.55. The molecule has 0 unspecified atom stereocenters. The van der Waals surface area contributed by atoms with Gasteiger partial charge in [0.15, 0.2) is 0 Å². The SMILES string of the molecule is CCCCCCCC(=O)O[C@@H]1[C@H]2[C@H]3[C@H](C[C@@H]1C)[C@H](C)CO[C@]1(C)[C@@H](OC(C)=O)C/C=C(\C)C[C@H]2O[C@H]31. The summed E-state index contributed by atoms with van der Waals surface area (Å²) >= 11 is 0. The van der Waals surface area contributed by atoms with Crippen molar-refractivity contribution in [2.75, 3.05) is 6.61 Å². The standard InChI is InChI=1S/C30H48O6/c1-7-8-9-10-11-12-25(32)36-28-19(3)16-22-20(4)17-33-30(6)24(34-21(5)31)14-13-18(2)15-23-27(28)26(22)29(30)35-23/h13,19-20,22-24,26-29H,7-12,14-17H2,1-6H3/b18-13+/t19-,20+,22+,23+,24-,26+,27+,28-,29+,30+/m0/s1. The number of fused-ring (bicyclic) bond motifs is 2. The van der Waals surface area contributed by atoms with Crippen LogP contribution in [0.5, 0.6) is 0 Å². The Kier molecular flexibility index (Phi) is 8.87. The summed E-state index contributed by atoms with van der Waals surface area (Å²) in [5.41, 5.74) is 0.478. The lowest BCUT2D eigenvalue weighted by atomic mass is 9.59. The molecule has 204 valence electrons. The van der Waals surface area contributed by atoms with E-state index in [2.05, 4.69) is 40.7 Å². The average molecular weight is 505 g/mol. The molecule has 2 saturated heterocycles. The molecule has 4 aliphatic rings. The van der Waals surface area contributed by atoms with Gasteiger partial charge in [-0.2, -0.15) is 0 Å². The zero-order valence-corrected chi connectivity index (χ0v) is 23.3. The van der Waals surface area contributed by atoms with E-state index in [0.29, 0.717) is 31.3 Å². The van der Waals surface area contributed by atoms with E-state index in [0.717, 1.165) is 25.7 Å². The maximum atomic E-state index is 13.0. The number of rotatable bonds is 8. The third-order valence-corrected chi connectivity index (χ3v) is 9.48. The van der Waals surface area contributed by atoms with Crippen LogP contribution < -0.4 is 0 Å². The molecule has 6 nitrogen and oxygen atoms in total. The molecule has 36 heavy (non-hydrogen) atoms. The van der Waals surface area contributed by atoms with Gasteiger partial charge in [-0.3, -0.25) is 9.59 Å². The molecule has 0 aromatic rings. The van der Waals surface area contributed by atoms with Crippen molar-refractivity contribution in [3.63, 3.8) is 0 Å². The molecule has 0 aromatic heterocycles. The number of hydrogen-bond acceptors (Lipinski definition) is 6. The Morgan fingerprint density at radius 1 is 1.08 bits per heavy atom. The van der Waals surface area contributed by atoms with Gasteiger partial charge < -0.3 is 18.9 Å². The van der Waals surface area contributed by atoms with Crippen molar-refractivity contribution in [2.24, 2.45) is 29.6 Å². The van der Waals surface area contributed by atoms with Crippen molar-refractivity contribution in [2.45, 2.75) is 129 Å². The van der Waals surface area contributed by atoms with Crippen LogP contribution in [0, 0.1) is 29.6 Å². The number of carbonyl (C=O) groups is 2. The maximum Gasteiger partial charge on any atom is 0.306 e. The summed E-state index contributed by atoms with van der Waals surface area (Å²) < 4.78 is 25.8. The van der Waals surface area contributed by atoms with Gasteiger partial charge in [-0.15, -0.1) is 0 Å². The first kappa shape index (κ1) is 27.6. The van der Waals surface area contributed by atoms with Crippen molar-refractivity contribution in [1.82, 2.24) is 0 Å². The minimum absolute atomic E-state index is 0.0341. The van der Waals surface area contributed by atoms with Gasteiger partial charge in [0.1, 0.15) is 17.8 Å². The van der Waals surface area contributed by atoms with Gasteiger partial charge in [-0.1, -0.05) is 58.1 Å². The number of esters is 2. The molecule has 3 aliphatic heterocycles. The normalized spacial score (nSPS) is 43.3. The largest absolute Gasteiger partial charge is 0.462 e. The van der Waals surface area contributed by atoms with Gasteiger partial charge in [0.2, 0.25) is 0 Å². The predicted octanol–water partition coefficient (Wildman–Crippen LogP) is 6.01. The molecule has 2 bridgehead atoms. The molecule has 6 heteroatoms. The summed E-state index contributed by atoms with van der Waals surface area (Å²) in [5.74, 6) is 1.02. The fourth-order valence-corrected chi connectivity index (χ4v) is 7.55. The van der Waals surface area contributed by atoms with E-state index in [-0.39, 0.29) is 48.0 Å². The van der Waals surface area contributed by atoms with Crippen LogP contribution in [0.25, 0.3) is 0 Å². The van der Waals surface area contributed by atoms with Gasteiger partial charge in [0.25, 0.3) is 0 Å². The lowest BCUT2D eigenvalue weighted by Crippen LogP contribution is -2.57. The molecule has 4 rings (SSSR count). The van der Waals surface area contributed by atoms with E-state index in [1.165, 1.54) is 31.8 Å². The van der Waals surface area contributed by atoms with E-state index in [4.69, 9.17) is 18.9 Å². The summed E-state index contributed by atoms with van der Waals surface area (Å²) in [6, 6.07) is 0. The predicted molar refractivity (Wildman–Crippen MR) is 138 cm³/mol. The number of carbonyl (C=O) groups excluding carboxylic acids is 2. The van der Waals surface area contributed by atoms with Crippen molar-refractivity contribution in [3.05, 3.63) is 11.6 Å². The van der Waals surface area contributed by atoms with Crippen LogP contribution in [-0.2, 0) is 28.5 Å². The molecular weight excluding hydrogens is 456 g/mol. The van der Waals surface area contributed by atoms with Crippen LogP contribution in [0.2, 0.25) is 0 Å². The summed E-state index contributed by atoms with van der Waals surface area (Å²) in [6.07, 6.45) is 9.87. The first-order valence-corrected chi connectivity index (χ1v) is 14.5. The molecule has 3 fully saturated rings. The molecule has 3 heterocycles. The van der Waals surface area contributed by atoms with E-state index >= 15 is 0 Å². The highest BCUT2D eigenvalue weighted by molar-refractivity contribution is 5.69. The Balaban J connectivity index is 1.63. The summed E-state index contributed by atoms with van der Waals surface area (Å²) in [6.45, 7) is 13.0. The topological polar surface area (TPSA) is 71.1 Å². The Labute approximate surface area is 217 Å².